The fourth-order valence-corrected chi connectivity index (χ4v) is 1.68. The van der Waals surface area contributed by atoms with Gasteiger partial charge in [0.2, 0.25) is 0 Å². The molecule has 88 valence electrons. The maximum atomic E-state index is 11.2. The first-order valence-corrected chi connectivity index (χ1v) is 5.28. The van der Waals surface area contributed by atoms with Gasteiger partial charge in [0.1, 0.15) is 11.3 Å². The fourth-order valence-electron chi connectivity index (χ4n) is 1.68. The number of carboxylic acid groups (broad SMARTS) is 1. The van der Waals surface area contributed by atoms with Gasteiger partial charge in [-0.2, -0.15) is 0 Å². The Morgan fingerprint density at radius 3 is 2.88 bits per heavy atom. The summed E-state index contributed by atoms with van der Waals surface area (Å²) >= 11 is 0. The Hall–Kier alpha value is -2.17. The average Bonchev–Trinajstić information content (AvgIpc) is 2.73. The first-order chi connectivity index (χ1) is 8.15. The van der Waals surface area contributed by atoms with E-state index in [1.165, 1.54) is 0 Å². The predicted octanol–water partition coefficient (Wildman–Crippen LogP) is 2.31. The predicted molar refractivity (Wildman–Crippen MR) is 60.8 cm³/mol. The summed E-state index contributed by atoms with van der Waals surface area (Å²) in [5.41, 5.74) is 2.08. The highest BCUT2D eigenvalue weighted by atomic mass is 16.5. The fraction of sp³-hybridized carbons (Fsp3) is 0.250. The summed E-state index contributed by atoms with van der Waals surface area (Å²) in [7, 11) is 0. The van der Waals surface area contributed by atoms with Crippen LogP contribution in [0.3, 0.4) is 0 Å². The van der Waals surface area contributed by atoms with Crippen LogP contribution in [-0.2, 0) is 6.42 Å². The van der Waals surface area contributed by atoms with Crippen LogP contribution in [-0.4, -0.2) is 21.2 Å². The Bertz CT molecular complexity index is 561. The summed E-state index contributed by atoms with van der Waals surface area (Å²) in [6, 6.07) is 1.81. The molecule has 1 N–H and O–H groups in total. The molecule has 0 aromatic carbocycles. The number of aromatic carboxylic acids is 1. The van der Waals surface area contributed by atoms with Crippen LogP contribution in [0, 0.1) is 6.92 Å². The summed E-state index contributed by atoms with van der Waals surface area (Å²) in [5, 5.41) is 13.0. The van der Waals surface area contributed by atoms with Gasteiger partial charge in [-0.15, -0.1) is 0 Å². The van der Waals surface area contributed by atoms with Gasteiger partial charge in [0.25, 0.3) is 0 Å². The van der Waals surface area contributed by atoms with E-state index in [4.69, 9.17) is 4.52 Å². The van der Waals surface area contributed by atoms with Gasteiger partial charge in [-0.25, -0.2) is 4.79 Å². The van der Waals surface area contributed by atoms with E-state index in [2.05, 4.69) is 10.1 Å². The molecule has 2 aromatic heterocycles. The van der Waals surface area contributed by atoms with E-state index in [0.29, 0.717) is 23.4 Å². The second kappa shape index (κ2) is 4.37. The van der Waals surface area contributed by atoms with Gasteiger partial charge >= 0.3 is 5.97 Å². The number of aryl methyl sites for hydroxylation is 2. The number of hydrogen-bond acceptors (Lipinski definition) is 4. The number of aromatic nitrogens is 2. The van der Waals surface area contributed by atoms with Crippen molar-refractivity contribution in [2.45, 2.75) is 20.3 Å². The highest BCUT2D eigenvalue weighted by Crippen LogP contribution is 2.27. The summed E-state index contributed by atoms with van der Waals surface area (Å²) in [6.07, 6.45) is 3.74. The van der Waals surface area contributed by atoms with Crippen molar-refractivity contribution in [1.29, 1.82) is 0 Å². The maximum absolute atomic E-state index is 11.2. The summed E-state index contributed by atoms with van der Waals surface area (Å²) in [5.74, 6) is -0.642. The third kappa shape index (κ3) is 1.91. The van der Waals surface area contributed by atoms with Crippen molar-refractivity contribution in [2.24, 2.45) is 0 Å². The normalized spacial score (nSPS) is 10.5. The van der Waals surface area contributed by atoms with Crippen LogP contribution >= 0.6 is 0 Å². The van der Waals surface area contributed by atoms with Crippen LogP contribution in [0.2, 0.25) is 0 Å². The number of hydrogen-bond donors (Lipinski definition) is 1. The molecule has 0 aliphatic rings. The molecule has 0 atom stereocenters. The zero-order valence-corrected chi connectivity index (χ0v) is 9.60. The van der Waals surface area contributed by atoms with Gasteiger partial charge in [-0.05, 0) is 18.6 Å². The molecular weight excluding hydrogens is 220 g/mol. The molecule has 0 aliphatic carbocycles. The lowest BCUT2D eigenvalue weighted by atomic mass is 10.0. The molecular formula is C12H12N2O3. The van der Waals surface area contributed by atoms with Crippen LogP contribution in [0.25, 0.3) is 11.3 Å². The van der Waals surface area contributed by atoms with Crippen molar-refractivity contribution in [1.82, 2.24) is 10.1 Å². The zero-order valence-electron chi connectivity index (χ0n) is 9.60. The van der Waals surface area contributed by atoms with E-state index in [1.54, 1.807) is 18.5 Å². The van der Waals surface area contributed by atoms with E-state index < -0.39 is 5.97 Å². The van der Waals surface area contributed by atoms with Gasteiger partial charge in [-0.3, -0.25) is 4.98 Å². The Morgan fingerprint density at radius 1 is 1.53 bits per heavy atom. The highest BCUT2D eigenvalue weighted by molar-refractivity contribution is 5.96. The van der Waals surface area contributed by atoms with Gasteiger partial charge < -0.3 is 9.63 Å². The minimum absolute atomic E-state index is 0.128. The Labute approximate surface area is 98.1 Å². The Balaban J connectivity index is 2.64. The molecule has 0 radical (unpaired) electrons. The maximum Gasteiger partial charge on any atom is 0.341 e. The molecule has 0 saturated heterocycles. The molecule has 17 heavy (non-hydrogen) atoms. The van der Waals surface area contributed by atoms with Gasteiger partial charge in [0.05, 0.1) is 0 Å². The lowest BCUT2D eigenvalue weighted by molar-refractivity contribution is 0.0695. The monoisotopic (exact) mass is 232 g/mol. The van der Waals surface area contributed by atoms with E-state index in [-0.39, 0.29) is 5.56 Å². The molecule has 0 spiro atoms. The standard InChI is InChI=1S/C12H12N2O3/c1-3-9-10(12(15)16)11(14-17-9)8-6-13-5-4-7(8)2/h4-6H,3H2,1-2H3,(H,15,16). The smallest absolute Gasteiger partial charge is 0.341 e. The van der Waals surface area contributed by atoms with Crippen molar-refractivity contribution in [3.8, 4) is 11.3 Å². The lowest BCUT2D eigenvalue weighted by Gasteiger charge is -2.01. The average molecular weight is 232 g/mol. The second-order valence-corrected chi connectivity index (χ2v) is 3.68. The SMILES string of the molecule is CCc1onc(-c2cnccc2C)c1C(=O)O. The van der Waals surface area contributed by atoms with Crippen molar-refractivity contribution in [3.05, 3.63) is 35.3 Å². The van der Waals surface area contributed by atoms with E-state index in [1.807, 2.05) is 13.8 Å². The molecule has 2 heterocycles. The van der Waals surface area contributed by atoms with Crippen molar-refractivity contribution in [3.63, 3.8) is 0 Å². The van der Waals surface area contributed by atoms with Crippen LogP contribution in [0.15, 0.2) is 23.0 Å². The van der Waals surface area contributed by atoms with Gasteiger partial charge in [0.15, 0.2) is 5.76 Å². The molecule has 0 bridgehead atoms. The quantitative estimate of drug-likeness (QED) is 0.878. The van der Waals surface area contributed by atoms with Crippen LogP contribution in [0.4, 0.5) is 0 Å². The van der Waals surface area contributed by atoms with Crippen molar-refractivity contribution in [2.75, 3.05) is 0 Å². The number of nitrogens with zero attached hydrogens (tertiary/aromatic N) is 2. The minimum Gasteiger partial charge on any atom is -0.477 e. The Kier molecular flexibility index (Phi) is 2.91. The second-order valence-electron chi connectivity index (χ2n) is 3.68. The lowest BCUT2D eigenvalue weighted by Crippen LogP contribution is -2.01. The summed E-state index contributed by atoms with van der Waals surface area (Å²) in [4.78, 5) is 15.2. The first kappa shape index (κ1) is 11.3. The van der Waals surface area contributed by atoms with E-state index >= 15 is 0 Å². The minimum atomic E-state index is -1.03. The summed E-state index contributed by atoms with van der Waals surface area (Å²) < 4.78 is 5.06. The van der Waals surface area contributed by atoms with Crippen molar-refractivity contribution >= 4 is 5.97 Å². The molecule has 0 saturated carbocycles. The van der Waals surface area contributed by atoms with E-state index in [0.717, 1.165) is 5.56 Å². The van der Waals surface area contributed by atoms with Crippen LogP contribution in [0.1, 0.15) is 28.6 Å². The third-order valence-electron chi connectivity index (χ3n) is 2.59. The van der Waals surface area contributed by atoms with Crippen LogP contribution < -0.4 is 0 Å². The molecule has 0 fully saturated rings. The molecule has 5 heteroatoms. The molecule has 0 unspecified atom stereocenters. The molecule has 2 rings (SSSR count). The number of rotatable bonds is 3. The third-order valence-corrected chi connectivity index (χ3v) is 2.59. The molecule has 0 amide bonds. The molecule has 0 aliphatic heterocycles. The highest BCUT2D eigenvalue weighted by Gasteiger charge is 2.23. The van der Waals surface area contributed by atoms with E-state index in [9.17, 15) is 9.90 Å². The van der Waals surface area contributed by atoms with Crippen LogP contribution in [0.5, 0.6) is 0 Å². The van der Waals surface area contributed by atoms with Gasteiger partial charge in [-0.1, -0.05) is 12.1 Å². The Morgan fingerprint density at radius 2 is 2.29 bits per heavy atom. The first-order valence-electron chi connectivity index (χ1n) is 5.28. The van der Waals surface area contributed by atoms with Crippen molar-refractivity contribution < 1.29 is 14.4 Å². The molecule has 2 aromatic rings. The summed E-state index contributed by atoms with van der Waals surface area (Å²) in [6.45, 7) is 3.70. The topological polar surface area (TPSA) is 76.2 Å². The molecule has 5 nitrogen and oxygen atoms in total. The number of pyridine rings is 1. The number of carboxylic acids is 1. The van der Waals surface area contributed by atoms with Gasteiger partial charge in [0, 0.05) is 24.4 Å². The zero-order chi connectivity index (χ0) is 12.4. The largest absolute Gasteiger partial charge is 0.477 e. The number of carbonyl (C=O) groups is 1.